The van der Waals surface area contributed by atoms with Crippen molar-refractivity contribution in [2.45, 2.75) is 6.92 Å². The van der Waals surface area contributed by atoms with Crippen LogP contribution in [0, 0.1) is 0 Å². The summed E-state index contributed by atoms with van der Waals surface area (Å²) in [5.41, 5.74) is 1.93. The van der Waals surface area contributed by atoms with Crippen LogP contribution in [-0.4, -0.2) is 17.6 Å². The van der Waals surface area contributed by atoms with Crippen molar-refractivity contribution in [2.75, 3.05) is 11.9 Å². The molecule has 1 amide bonds. The summed E-state index contributed by atoms with van der Waals surface area (Å²) in [7, 11) is 0. The van der Waals surface area contributed by atoms with Crippen molar-refractivity contribution in [2.24, 2.45) is 0 Å². The first-order chi connectivity index (χ1) is 11.8. The van der Waals surface area contributed by atoms with Gasteiger partial charge >= 0.3 is 0 Å². The molecule has 4 nitrogen and oxygen atoms in total. The maximum absolute atomic E-state index is 12.2. The first-order valence-corrected chi connectivity index (χ1v) is 8.45. The molecule has 0 radical (unpaired) electrons. The lowest BCUT2D eigenvalue weighted by atomic mass is 10.2. The van der Waals surface area contributed by atoms with Crippen LogP contribution in [0.25, 0.3) is 0 Å². The van der Waals surface area contributed by atoms with Crippen LogP contribution in [0.5, 0.6) is 5.75 Å². The highest BCUT2D eigenvalue weighted by Gasteiger charge is 2.10. The Kier molecular flexibility index (Phi) is 6.82. The average Bonchev–Trinajstić information content (AvgIpc) is 2.52. The quantitative estimate of drug-likeness (QED) is 0.548. The molecular formula is C18H16Cl2N2O2S. The number of hydrogen-bond acceptors (Lipinski definition) is 3. The van der Waals surface area contributed by atoms with Gasteiger partial charge in [0.15, 0.2) is 5.11 Å². The van der Waals surface area contributed by atoms with E-state index < -0.39 is 5.91 Å². The summed E-state index contributed by atoms with van der Waals surface area (Å²) in [5.74, 6) is 0.264. The van der Waals surface area contributed by atoms with E-state index in [-0.39, 0.29) is 5.11 Å². The van der Waals surface area contributed by atoms with Crippen molar-refractivity contribution in [1.82, 2.24) is 5.32 Å². The molecule has 0 spiro atoms. The minimum atomic E-state index is -0.406. The van der Waals surface area contributed by atoms with Gasteiger partial charge in [0.25, 0.3) is 5.91 Å². The van der Waals surface area contributed by atoms with Crippen molar-refractivity contribution < 1.29 is 9.53 Å². The molecule has 0 aliphatic carbocycles. The highest BCUT2D eigenvalue weighted by molar-refractivity contribution is 7.80. The SMILES string of the molecule is C=C(C)COc1cccc(NC(=S)NC(=O)c2cc(Cl)cc(Cl)c2)c1. The van der Waals surface area contributed by atoms with Gasteiger partial charge in [-0.3, -0.25) is 10.1 Å². The Morgan fingerprint density at radius 2 is 1.88 bits per heavy atom. The van der Waals surface area contributed by atoms with Crippen LogP contribution >= 0.6 is 35.4 Å². The molecule has 0 aliphatic rings. The molecule has 7 heteroatoms. The Balaban J connectivity index is 1.98. The number of benzene rings is 2. The number of rotatable bonds is 5. The normalized spacial score (nSPS) is 10.0. The molecule has 130 valence electrons. The standard InChI is InChI=1S/C18H16Cl2N2O2S/c1-11(2)10-24-16-5-3-4-15(9-16)21-18(25)22-17(23)12-6-13(19)8-14(20)7-12/h3-9H,1,10H2,2H3,(H2,21,22,23,25). The van der Waals surface area contributed by atoms with Crippen LogP contribution in [0.4, 0.5) is 5.69 Å². The van der Waals surface area contributed by atoms with Crippen molar-refractivity contribution in [3.05, 3.63) is 70.2 Å². The van der Waals surface area contributed by atoms with Gasteiger partial charge in [-0.15, -0.1) is 0 Å². The number of nitrogens with one attached hydrogen (secondary N) is 2. The third-order valence-corrected chi connectivity index (χ3v) is 3.57. The summed E-state index contributed by atoms with van der Waals surface area (Å²) in [5, 5.41) is 6.41. The largest absolute Gasteiger partial charge is 0.489 e. The van der Waals surface area contributed by atoms with E-state index in [4.69, 9.17) is 40.2 Å². The van der Waals surface area contributed by atoms with E-state index in [1.807, 2.05) is 25.1 Å². The minimum absolute atomic E-state index is 0.151. The lowest BCUT2D eigenvalue weighted by Gasteiger charge is -2.12. The van der Waals surface area contributed by atoms with Gasteiger partial charge in [0.2, 0.25) is 0 Å². The van der Waals surface area contributed by atoms with Gasteiger partial charge in [0.05, 0.1) is 0 Å². The molecule has 2 rings (SSSR count). The second kappa shape index (κ2) is 8.85. The molecule has 0 heterocycles. The predicted octanol–water partition coefficient (Wildman–Crippen LogP) is 5.08. The van der Waals surface area contributed by atoms with E-state index in [0.717, 1.165) is 5.57 Å². The van der Waals surface area contributed by atoms with Crippen LogP contribution in [-0.2, 0) is 0 Å². The Labute approximate surface area is 161 Å². The number of anilines is 1. The lowest BCUT2D eigenvalue weighted by molar-refractivity contribution is 0.0977. The van der Waals surface area contributed by atoms with Gasteiger partial charge in [-0.1, -0.05) is 35.8 Å². The predicted molar refractivity (Wildman–Crippen MR) is 107 cm³/mol. The number of amides is 1. The Morgan fingerprint density at radius 1 is 1.20 bits per heavy atom. The fourth-order valence-corrected chi connectivity index (χ4v) is 2.63. The van der Waals surface area contributed by atoms with E-state index >= 15 is 0 Å². The smallest absolute Gasteiger partial charge is 0.257 e. The number of ether oxygens (including phenoxy) is 1. The highest BCUT2D eigenvalue weighted by atomic mass is 35.5. The number of carbonyl (C=O) groups is 1. The van der Waals surface area contributed by atoms with Gasteiger partial charge in [-0.25, -0.2) is 0 Å². The number of halogens is 2. The first kappa shape index (κ1) is 19.2. The summed E-state index contributed by atoms with van der Waals surface area (Å²) in [6, 6.07) is 11.8. The minimum Gasteiger partial charge on any atom is -0.489 e. The van der Waals surface area contributed by atoms with Crippen LogP contribution < -0.4 is 15.4 Å². The van der Waals surface area contributed by atoms with Crippen molar-refractivity contribution >= 4 is 52.1 Å². The molecule has 0 unspecified atom stereocenters. The van der Waals surface area contributed by atoms with Crippen LogP contribution in [0.15, 0.2) is 54.6 Å². The molecule has 0 saturated heterocycles. The van der Waals surface area contributed by atoms with Gasteiger partial charge in [-0.2, -0.15) is 0 Å². The van der Waals surface area contributed by atoms with Crippen molar-refractivity contribution in [1.29, 1.82) is 0 Å². The lowest BCUT2D eigenvalue weighted by Crippen LogP contribution is -2.34. The van der Waals surface area contributed by atoms with Gasteiger partial charge < -0.3 is 10.1 Å². The molecule has 0 saturated carbocycles. The summed E-state index contributed by atoms with van der Waals surface area (Å²) in [6.07, 6.45) is 0. The van der Waals surface area contributed by atoms with Gasteiger partial charge in [0, 0.05) is 27.4 Å². The summed E-state index contributed by atoms with van der Waals surface area (Å²) in [4.78, 5) is 12.2. The van der Waals surface area contributed by atoms with Crippen LogP contribution in [0.2, 0.25) is 10.0 Å². The monoisotopic (exact) mass is 394 g/mol. The second-order valence-corrected chi connectivity index (χ2v) is 6.62. The molecule has 0 aromatic heterocycles. The van der Waals surface area contributed by atoms with E-state index in [2.05, 4.69) is 17.2 Å². The zero-order valence-corrected chi connectivity index (χ0v) is 15.8. The number of carbonyl (C=O) groups excluding carboxylic acids is 1. The molecule has 0 atom stereocenters. The molecule has 0 bridgehead atoms. The summed E-state index contributed by atoms with van der Waals surface area (Å²) < 4.78 is 5.57. The zero-order chi connectivity index (χ0) is 18.4. The molecule has 0 fully saturated rings. The maximum Gasteiger partial charge on any atom is 0.257 e. The highest BCUT2D eigenvalue weighted by Crippen LogP contribution is 2.20. The molecule has 0 aliphatic heterocycles. The summed E-state index contributed by atoms with van der Waals surface area (Å²) in [6.45, 7) is 6.10. The average molecular weight is 395 g/mol. The third-order valence-electron chi connectivity index (χ3n) is 2.93. The van der Waals surface area contributed by atoms with E-state index in [0.29, 0.717) is 33.7 Å². The number of hydrogen-bond donors (Lipinski definition) is 2. The molecule has 2 aromatic carbocycles. The van der Waals surface area contributed by atoms with Gasteiger partial charge in [-0.05, 0) is 55.0 Å². The summed E-state index contributed by atoms with van der Waals surface area (Å²) >= 11 is 17.0. The molecule has 2 aromatic rings. The zero-order valence-electron chi connectivity index (χ0n) is 13.4. The first-order valence-electron chi connectivity index (χ1n) is 7.29. The Hall–Kier alpha value is -2.08. The fourth-order valence-electron chi connectivity index (χ4n) is 1.89. The number of thiocarbonyl (C=S) groups is 1. The van der Waals surface area contributed by atoms with Crippen molar-refractivity contribution in [3.8, 4) is 5.75 Å². The maximum atomic E-state index is 12.2. The topological polar surface area (TPSA) is 50.4 Å². The Bertz CT molecular complexity index is 804. The van der Waals surface area contributed by atoms with E-state index in [1.165, 1.54) is 12.1 Å². The van der Waals surface area contributed by atoms with E-state index in [9.17, 15) is 4.79 Å². The van der Waals surface area contributed by atoms with Gasteiger partial charge in [0.1, 0.15) is 12.4 Å². The Morgan fingerprint density at radius 3 is 2.52 bits per heavy atom. The fraction of sp³-hybridized carbons (Fsp3) is 0.111. The van der Waals surface area contributed by atoms with Crippen LogP contribution in [0.3, 0.4) is 0 Å². The van der Waals surface area contributed by atoms with Crippen LogP contribution in [0.1, 0.15) is 17.3 Å². The molecular weight excluding hydrogens is 379 g/mol. The second-order valence-electron chi connectivity index (χ2n) is 5.34. The molecule has 25 heavy (non-hydrogen) atoms. The molecule has 2 N–H and O–H groups in total. The third kappa shape index (κ3) is 6.38. The van der Waals surface area contributed by atoms with Crippen molar-refractivity contribution in [3.63, 3.8) is 0 Å². The van der Waals surface area contributed by atoms with E-state index in [1.54, 1.807) is 12.1 Å².